The first-order chi connectivity index (χ1) is 18.7. The van der Waals surface area contributed by atoms with Gasteiger partial charge in [0.2, 0.25) is 12.3 Å². The van der Waals surface area contributed by atoms with E-state index in [1.807, 2.05) is 13.8 Å². The van der Waals surface area contributed by atoms with Gasteiger partial charge in [0.25, 0.3) is 11.5 Å². The van der Waals surface area contributed by atoms with E-state index in [-0.39, 0.29) is 29.3 Å². The molecule has 5 rings (SSSR count). The molecular weight excluding hydrogens is 508 g/mol. The van der Waals surface area contributed by atoms with E-state index in [1.165, 1.54) is 29.3 Å². The van der Waals surface area contributed by atoms with Crippen LogP contribution < -0.4 is 16.2 Å². The van der Waals surface area contributed by atoms with Crippen LogP contribution in [0.1, 0.15) is 74.1 Å². The third-order valence-corrected chi connectivity index (χ3v) is 7.48. The number of nitrogens with one attached hydrogen (secondary N) is 3. The summed E-state index contributed by atoms with van der Waals surface area (Å²) in [6.07, 6.45) is 6.57. The van der Waals surface area contributed by atoms with Gasteiger partial charge < -0.3 is 15.6 Å². The molecule has 0 radical (unpaired) electrons. The molecule has 2 aliphatic carbocycles. The zero-order valence-electron chi connectivity index (χ0n) is 21.9. The molecule has 0 bridgehead atoms. The SMILES string of the molecule is CC(C)n1nccc1C(=O)N[C@H](C(=O)Nc1cnn(C(CC(F)F)c2ccc[nH]c2=O)c1)C(C1CC1)C1CC1. The van der Waals surface area contributed by atoms with Crippen LogP contribution in [0.3, 0.4) is 0 Å². The summed E-state index contributed by atoms with van der Waals surface area (Å²) in [7, 11) is 0. The monoisotopic (exact) mass is 541 g/mol. The van der Waals surface area contributed by atoms with E-state index in [0.717, 1.165) is 25.7 Å². The van der Waals surface area contributed by atoms with Gasteiger partial charge in [0, 0.05) is 36.6 Å². The van der Waals surface area contributed by atoms with E-state index in [9.17, 15) is 23.2 Å². The number of rotatable bonds is 12. The Labute approximate surface area is 224 Å². The second-order valence-corrected chi connectivity index (χ2v) is 10.8. The number of anilines is 1. The number of aromatic amines is 1. The van der Waals surface area contributed by atoms with E-state index in [4.69, 9.17) is 0 Å². The molecule has 3 N–H and O–H groups in total. The van der Waals surface area contributed by atoms with Crippen LogP contribution >= 0.6 is 0 Å². The predicted molar refractivity (Wildman–Crippen MR) is 139 cm³/mol. The van der Waals surface area contributed by atoms with Gasteiger partial charge in [0.05, 0.1) is 17.9 Å². The Kier molecular flexibility index (Phi) is 7.62. The van der Waals surface area contributed by atoms with Crippen LogP contribution in [-0.2, 0) is 4.79 Å². The quantitative estimate of drug-likeness (QED) is 0.322. The van der Waals surface area contributed by atoms with Crippen molar-refractivity contribution in [1.29, 1.82) is 0 Å². The summed E-state index contributed by atoms with van der Waals surface area (Å²) in [5, 5.41) is 14.2. The highest BCUT2D eigenvalue weighted by Gasteiger charge is 2.48. The standard InChI is InChI=1S/C27H33F2N7O3/c1-15(2)36-20(9-11-31-36)26(38)34-24(23(16-5-6-16)17-7-8-17)27(39)33-18-13-32-35(14-18)21(12-22(28)29)19-4-3-10-30-25(19)37/h3-4,9-11,13-17,21-24H,5-8,12H2,1-2H3,(H,30,37)(H,33,39)(H,34,38)/t21?,24-/m0/s1. The van der Waals surface area contributed by atoms with Crippen LogP contribution in [0.25, 0.3) is 0 Å². The molecule has 2 aliphatic rings. The lowest BCUT2D eigenvalue weighted by atomic mass is 9.88. The summed E-state index contributed by atoms with van der Waals surface area (Å²) < 4.78 is 29.7. The van der Waals surface area contributed by atoms with Gasteiger partial charge in [-0.3, -0.25) is 23.7 Å². The molecule has 2 fully saturated rings. The van der Waals surface area contributed by atoms with Gasteiger partial charge in [-0.2, -0.15) is 10.2 Å². The maximum atomic E-state index is 13.7. The minimum Gasteiger partial charge on any atom is -0.339 e. The van der Waals surface area contributed by atoms with Crippen molar-refractivity contribution in [1.82, 2.24) is 29.9 Å². The zero-order valence-corrected chi connectivity index (χ0v) is 21.9. The van der Waals surface area contributed by atoms with Gasteiger partial charge in [-0.05, 0) is 75.5 Å². The van der Waals surface area contributed by atoms with Crippen molar-refractivity contribution in [3.63, 3.8) is 0 Å². The molecule has 0 saturated heterocycles. The molecule has 10 nitrogen and oxygen atoms in total. The van der Waals surface area contributed by atoms with Crippen LogP contribution in [0.15, 0.2) is 47.8 Å². The molecule has 2 saturated carbocycles. The number of hydrogen-bond donors (Lipinski definition) is 3. The highest BCUT2D eigenvalue weighted by molar-refractivity contribution is 6.00. The zero-order chi connectivity index (χ0) is 27.7. The Bertz CT molecular complexity index is 1360. The van der Waals surface area contributed by atoms with E-state index >= 15 is 0 Å². The Morgan fingerprint density at radius 3 is 2.46 bits per heavy atom. The van der Waals surface area contributed by atoms with Crippen LogP contribution in [-0.4, -0.2) is 48.8 Å². The van der Waals surface area contributed by atoms with Gasteiger partial charge in [0.15, 0.2) is 0 Å². The van der Waals surface area contributed by atoms with Gasteiger partial charge in [-0.15, -0.1) is 0 Å². The lowest BCUT2D eigenvalue weighted by molar-refractivity contribution is -0.119. The number of alkyl halides is 2. The van der Waals surface area contributed by atoms with E-state index in [1.54, 1.807) is 23.0 Å². The van der Waals surface area contributed by atoms with Crippen molar-refractivity contribution in [2.24, 2.45) is 17.8 Å². The summed E-state index contributed by atoms with van der Waals surface area (Å²) in [4.78, 5) is 41.8. The fourth-order valence-corrected chi connectivity index (χ4v) is 5.39. The molecule has 12 heteroatoms. The Morgan fingerprint density at radius 2 is 1.85 bits per heavy atom. The molecule has 0 aliphatic heterocycles. The molecule has 3 heterocycles. The molecule has 208 valence electrons. The molecule has 2 atom stereocenters. The summed E-state index contributed by atoms with van der Waals surface area (Å²) in [6, 6.07) is 2.86. The van der Waals surface area contributed by atoms with E-state index < -0.39 is 30.5 Å². The first kappa shape index (κ1) is 26.8. The average Bonchev–Trinajstić information content (AvgIpc) is 3.81. The van der Waals surface area contributed by atoms with Crippen molar-refractivity contribution >= 4 is 17.5 Å². The largest absolute Gasteiger partial charge is 0.339 e. The fourth-order valence-electron chi connectivity index (χ4n) is 5.39. The number of nitrogens with zero attached hydrogens (tertiary/aromatic N) is 4. The Balaban J connectivity index is 1.38. The lowest BCUT2D eigenvalue weighted by Gasteiger charge is -2.27. The van der Waals surface area contributed by atoms with Crippen LogP contribution in [0.2, 0.25) is 0 Å². The smallest absolute Gasteiger partial charge is 0.270 e. The third kappa shape index (κ3) is 6.10. The number of halogens is 2. The Morgan fingerprint density at radius 1 is 1.13 bits per heavy atom. The molecule has 2 amide bonds. The van der Waals surface area contributed by atoms with Crippen LogP contribution in [0.5, 0.6) is 0 Å². The van der Waals surface area contributed by atoms with Crippen molar-refractivity contribution in [2.45, 2.75) is 70.5 Å². The molecule has 0 aromatic carbocycles. The fraction of sp³-hybridized carbons (Fsp3) is 0.519. The molecule has 3 aromatic rings. The van der Waals surface area contributed by atoms with Crippen molar-refractivity contribution in [2.75, 3.05) is 5.32 Å². The number of hydrogen-bond acceptors (Lipinski definition) is 5. The molecule has 39 heavy (non-hydrogen) atoms. The van der Waals surface area contributed by atoms with E-state index in [0.29, 0.717) is 23.2 Å². The minimum absolute atomic E-state index is 0.00822. The van der Waals surface area contributed by atoms with Crippen molar-refractivity contribution < 1.29 is 18.4 Å². The van der Waals surface area contributed by atoms with Crippen LogP contribution in [0.4, 0.5) is 14.5 Å². The lowest BCUT2D eigenvalue weighted by Crippen LogP contribution is -2.50. The summed E-state index contributed by atoms with van der Waals surface area (Å²) in [5.41, 5.74) is 0.338. The second-order valence-electron chi connectivity index (χ2n) is 10.8. The van der Waals surface area contributed by atoms with E-state index in [2.05, 4.69) is 25.8 Å². The summed E-state index contributed by atoms with van der Waals surface area (Å²) >= 11 is 0. The normalized spacial score (nSPS) is 17.0. The van der Waals surface area contributed by atoms with Gasteiger partial charge in [-0.25, -0.2) is 8.78 Å². The van der Waals surface area contributed by atoms with Gasteiger partial charge in [-0.1, -0.05) is 0 Å². The van der Waals surface area contributed by atoms with Gasteiger partial charge in [0.1, 0.15) is 11.7 Å². The minimum atomic E-state index is -2.67. The number of aromatic nitrogens is 5. The number of H-pyrrole nitrogens is 1. The highest BCUT2D eigenvalue weighted by Crippen LogP contribution is 2.51. The number of carbonyl (C=O) groups excluding carboxylic acids is 2. The topological polar surface area (TPSA) is 127 Å². The molecule has 3 aromatic heterocycles. The molecular formula is C27H33F2N7O3. The number of pyridine rings is 1. The first-order valence-corrected chi connectivity index (χ1v) is 13.4. The maximum absolute atomic E-state index is 13.7. The maximum Gasteiger partial charge on any atom is 0.270 e. The third-order valence-electron chi connectivity index (χ3n) is 7.48. The summed E-state index contributed by atoms with van der Waals surface area (Å²) in [6.45, 7) is 3.85. The first-order valence-electron chi connectivity index (χ1n) is 13.4. The van der Waals surface area contributed by atoms with Gasteiger partial charge >= 0.3 is 0 Å². The predicted octanol–water partition coefficient (Wildman–Crippen LogP) is 3.77. The number of carbonyl (C=O) groups is 2. The van der Waals surface area contributed by atoms with Crippen molar-refractivity contribution in [3.05, 3.63) is 64.6 Å². The second kappa shape index (κ2) is 11.1. The van der Waals surface area contributed by atoms with Crippen LogP contribution in [0, 0.1) is 17.8 Å². The Hall–Kier alpha value is -3.83. The summed E-state index contributed by atoms with van der Waals surface area (Å²) in [5.74, 6) is -0.0131. The average molecular weight is 542 g/mol. The molecule has 0 spiro atoms. The number of amides is 2. The highest BCUT2D eigenvalue weighted by atomic mass is 19.3. The van der Waals surface area contributed by atoms with Crippen molar-refractivity contribution in [3.8, 4) is 0 Å². The molecule has 1 unspecified atom stereocenters.